The first-order valence-electron chi connectivity index (χ1n) is 8.85. The first-order valence-corrected chi connectivity index (χ1v) is 8.85. The maximum Gasteiger partial charge on any atom is 0.0210 e. The molecule has 1 aromatic carbocycles. The molecule has 0 aliphatic rings. The van der Waals surface area contributed by atoms with Crippen LogP contribution in [0.25, 0.3) is 0 Å². The molecule has 1 aromatic rings. The third kappa shape index (κ3) is 6.65. The molecule has 1 N–H and O–H groups in total. The average Bonchev–Trinajstić information content (AvgIpc) is 2.41. The zero-order valence-electron chi connectivity index (χ0n) is 14.9. The molecule has 0 aliphatic carbocycles. The smallest absolute Gasteiger partial charge is 0.0210 e. The number of hydrogen-bond acceptors (Lipinski definition) is 1. The van der Waals surface area contributed by atoms with Crippen LogP contribution < -0.4 is 5.32 Å². The van der Waals surface area contributed by atoms with Crippen LogP contribution >= 0.6 is 0 Å². The van der Waals surface area contributed by atoms with Gasteiger partial charge in [-0.15, -0.1) is 0 Å². The van der Waals surface area contributed by atoms with Gasteiger partial charge in [-0.25, -0.2) is 0 Å². The molecule has 0 amide bonds. The van der Waals surface area contributed by atoms with Crippen molar-refractivity contribution < 1.29 is 0 Å². The monoisotopic (exact) mass is 289 g/mol. The second-order valence-corrected chi connectivity index (χ2v) is 6.66. The third-order valence-corrected chi connectivity index (χ3v) is 4.49. The predicted molar refractivity (Wildman–Crippen MR) is 94.9 cm³/mol. The SMILES string of the molecule is CCCCCC(CCC)CNCc1c(C)cc(C)cc1C. The van der Waals surface area contributed by atoms with E-state index in [9.17, 15) is 0 Å². The van der Waals surface area contributed by atoms with Crippen molar-refractivity contribution in [3.05, 3.63) is 34.4 Å². The Kier molecular flexibility index (Phi) is 8.68. The van der Waals surface area contributed by atoms with E-state index in [0.717, 1.165) is 12.5 Å². The molecule has 0 radical (unpaired) electrons. The van der Waals surface area contributed by atoms with Gasteiger partial charge in [0.2, 0.25) is 0 Å². The Balaban J connectivity index is 2.46. The van der Waals surface area contributed by atoms with E-state index in [0.29, 0.717) is 0 Å². The lowest BCUT2D eigenvalue weighted by Crippen LogP contribution is -2.23. The lowest BCUT2D eigenvalue weighted by atomic mass is 9.96. The van der Waals surface area contributed by atoms with E-state index in [4.69, 9.17) is 0 Å². The summed E-state index contributed by atoms with van der Waals surface area (Å²) in [5.41, 5.74) is 5.72. The summed E-state index contributed by atoms with van der Waals surface area (Å²) in [5.74, 6) is 0.854. The summed E-state index contributed by atoms with van der Waals surface area (Å²) in [6.07, 6.45) is 8.17. The van der Waals surface area contributed by atoms with Crippen LogP contribution in [-0.4, -0.2) is 6.54 Å². The molecule has 1 nitrogen and oxygen atoms in total. The maximum absolute atomic E-state index is 3.71. The fourth-order valence-electron chi connectivity index (χ4n) is 3.33. The molecule has 1 rings (SSSR count). The van der Waals surface area contributed by atoms with E-state index in [1.165, 1.54) is 67.3 Å². The molecular formula is C20H35N. The average molecular weight is 290 g/mol. The highest BCUT2D eigenvalue weighted by Gasteiger charge is 2.08. The van der Waals surface area contributed by atoms with Gasteiger partial charge in [0.05, 0.1) is 0 Å². The quantitative estimate of drug-likeness (QED) is 0.545. The largest absolute Gasteiger partial charge is 0.312 e. The Bertz CT molecular complexity index is 385. The van der Waals surface area contributed by atoms with Gasteiger partial charge >= 0.3 is 0 Å². The van der Waals surface area contributed by atoms with E-state index >= 15 is 0 Å². The Morgan fingerprint density at radius 2 is 1.57 bits per heavy atom. The number of benzene rings is 1. The van der Waals surface area contributed by atoms with Crippen molar-refractivity contribution in [1.82, 2.24) is 5.32 Å². The van der Waals surface area contributed by atoms with Gasteiger partial charge in [-0.3, -0.25) is 0 Å². The number of hydrogen-bond donors (Lipinski definition) is 1. The van der Waals surface area contributed by atoms with Crippen LogP contribution in [0, 0.1) is 26.7 Å². The summed E-state index contributed by atoms with van der Waals surface area (Å²) in [7, 11) is 0. The van der Waals surface area contributed by atoms with Crippen molar-refractivity contribution >= 4 is 0 Å². The highest BCUT2D eigenvalue weighted by molar-refractivity contribution is 5.37. The molecule has 21 heavy (non-hydrogen) atoms. The molecule has 0 aliphatic heterocycles. The van der Waals surface area contributed by atoms with Gasteiger partial charge in [-0.1, -0.05) is 57.2 Å². The van der Waals surface area contributed by atoms with Gasteiger partial charge in [0.25, 0.3) is 0 Å². The van der Waals surface area contributed by atoms with Crippen molar-refractivity contribution in [2.75, 3.05) is 6.54 Å². The van der Waals surface area contributed by atoms with Crippen LogP contribution in [0.5, 0.6) is 0 Å². The number of nitrogens with one attached hydrogen (secondary N) is 1. The van der Waals surface area contributed by atoms with Crippen molar-refractivity contribution in [2.24, 2.45) is 5.92 Å². The summed E-state index contributed by atoms with van der Waals surface area (Å²) in [6.45, 7) is 13.4. The van der Waals surface area contributed by atoms with Crippen LogP contribution in [0.3, 0.4) is 0 Å². The Hall–Kier alpha value is -0.820. The zero-order chi connectivity index (χ0) is 15.7. The Labute approximate surface area is 132 Å². The molecule has 120 valence electrons. The van der Waals surface area contributed by atoms with Crippen molar-refractivity contribution in [1.29, 1.82) is 0 Å². The molecule has 0 bridgehead atoms. The Morgan fingerprint density at radius 3 is 2.14 bits per heavy atom. The minimum atomic E-state index is 0.854. The fourth-order valence-corrected chi connectivity index (χ4v) is 3.33. The lowest BCUT2D eigenvalue weighted by molar-refractivity contribution is 0.397. The molecule has 1 heteroatoms. The number of aryl methyl sites for hydroxylation is 3. The van der Waals surface area contributed by atoms with Crippen LogP contribution in [0.15, 0.2) is 12.1 Å². The van der Waals surface area contributed by atoms with Crippen molar-refractivity contribution in [2.45, 2.75) is 79.7 Å². The van der Waals surface area contributed by atoms with E-state index in [1.807, 2.05) is 0 Å². The maximum atomic E-state index is 3.71. The molecule has 1 unspecified atom stereocenters. The standard InChI is InChI=1S/C20H35N/c1-6-8-9-11-19(10-7-2)14-21-15-20-17(4)12-16(3)13-18(20)5/h12-13,19,21H,6-11,14-15H2,1-5H3. The highest BCUT2D eigenvalue weighted by atomic mass is 14.9. The predicted octanol–water partition coefficient (Wildman–Crippen LogP) is 5.70. The fraction of sp³-hybridized carbons (Fsp3) is 0.700. The van der Waals surface area contributed by atoms with Crippen LogP contribution in [0.4, 0.5) is 0 Å². The molecule has 0 spiro atoms. The van der Waals surface area contributed by atoms with E-state index in [2.05, 4.69) is 52.1 Å². The van der Waals surface area contributed by atoms with Crippen molar-refractivity contribution in [3.63, 3.8) is 0 Å². The van der Waals surface area contributed by atoms with E-state index in [-0.39, 0.29) is 0 Å². The number of rotatable bonds is 10. The minimum Gasteiger partial charge on any atom is -0.312 e. The molecule has 0 saturated heterocycles. The van der Waals surface area contributed by atoms with Gasteiger partial charge < -0.3 is 5.32 Å². The summed E-state index contributed by atoms with van der Waals surface area (Å²) >= 11 is 0. The van der Waals surface area contributed by atoms with Gasteiger partial charge in [0.1, 0.15) is 0 Å². The first kappa shape index (κ1) is 18.2. The summed E-state index contributed by atoms with van der Waals surface area (Å²) in [5, 5.41) is 3.71. The second kappa shape index (κ2) is 10.00. The Morgan fingerprint density at radius 1 is 0.905 bits per heavy atom. The summed E-state index contributed by atoms with van der Waals surface area (Å²) in [4.78, 5) is 0. The van der Waals surface area contributed by atoms with Crippen LogP contribution in [-0.2, 0) is 6.54 Å². The molecule has 0 fully saturated rings. The zero-order valence-corrected chi connectivity index (χ0v) is 14.9. The molecule has 0 aromatic heterocycles. The minimum absolute atomic E-state index is 0.854. The van der Waals surface area contributed by atoms with E-state index < -0.39 is 0 Å². The van der Waals surface area contributed by atoms with Crippen LogP contribution in [0.2, 0.25) is 0 Å². The first-order chi connectivity index (χ1) is 10.1. The van der Waals surface area contributed by atoms with Gasteiger partial charge in [0, 0.05) is 6.54 Å². The summed E-state index contributed by atoms with van der Waals surface area (Å²) < 4.78 is 0. The molecule has 0 saturated carbocycles. The third-order valence-electron chi connectivity index (χ3n) is 4.49. The second-order valence-electron chi connectivity index (χ2n) is 6.66. The van der Waals surface area contributed by atoms with Crippen LogP contribution in [0.1, 0.15) is 74.6 Å². The summed E-state index contributed by atoms with van der Waals surface area (Å²) in [6, 6.07) is 4.60. The highest BCUT2D eigenvalue weighted by Crippen LogP contribution is 2.18. The van der Waals surface area contributed by atoms with Gasteiger partial charge in [-0.2, -0.15) is 0 Å². The number of unbranched alkanes of at least 4 members (excludes halogenated alkanes) is 2. The lowest BCUT2D eigenvalue weighted by Gasteiger charge is -2.18. The van der Waals surface area contributed by atoms with Gasteiger partial charge in [-0.05, 0) is 62.8 Å². The molecular weight excluding hydrogens is 254 g/mol. The normalized spacial score (nSPS) is 12.6. The molecule has 0 heterocycles. The van der Waals surface area contributed by atoms with Crippen molar-refractivity contribution in [3.8, 4) is 0 Å². The molecule has 1 atom stereocenters. The topological polar surface area (TPSA) is 12.0 Å². The van der Waals surface area contributed by atoms with E-state index in [1.54, 1.807) is 0 Å². The van der Waals surface area contributed by atoms with Gasteiger partial charge in [0.15, 0.2) is 0 Å².